The highest BCUT2D eigenvalue weighted by Crippen LogP contribution is 2.29. The number of hydrogen-bond donors (Lipinski definition) is 1. The Labute approximate surface area is 112 Å². The van der Waals surface area contributed by atoms with Crippen molar-refractivity contribution in [3.63, 3.8) is 0 Å². The molecule has 0 aliphatic rings. The van der Waals surface area contributed by atoms with Crippen LogP contribution in [0.4, 0.5) is 10.1 Å². The van der Waals surface area contributed by atoms with Gasteiger partial charge in [-0.3, -0.25) is 9.59 Å². The van der Waals surface area contributed by atoms with Crippen molar-refractivity contribution in [2.45, 2.75) is 10.7 Å². The second-order valence-electron chi connectivity index (χ2n) is 3.17. The third-order valence-electron chi connectivity index (χ3n) is 1.89. The molecule has 1 aromatic rings. The van der Waals surface area contributed by atoms with E-state index in [9.17, 15) is 14.0 Å². The monoisotopic (exact) mass is 297 g/mol. The maximum absolute atomic E-state index is 13.5. The number of ketones is 1. The van der Waals surface area contributed by atoms with E-state index in [1.807, 2.05) is 0 Å². The molecule has 7 heteroatoms. The number of benzene rings is 1. The van der Waals surface area contributed by atoms with Gasteiger partial charge in [-0.2, -0.15) is 0 Å². The third-order valence-corrected chi connectivity index (χ3v) is 2.40. The molecular weight excluding hydrogens is 291 g/mol. The van der Waals surface area contributed by atoms with Gasteiger partial charge < -0.3 is 5.32 Å². The molecule has 17 heavy (non-hydrogen) atoms. The number of carbonyl (C=O) groups excluding carboxylic acids is 2. The fourth-order valence-corrected chi connectivity index (χ4v) is 1.27. The van der Waals surface area contributed by atoms with E-state index in [1.54, 1.807) is 0 Å². The van der Waals surface area contributed by atoms with Crippen molar-refractivity contribution in [2.24, 2.45) is 0 Å². The lowest BCUT2D eigenvalue weighted by Crippen LogP contribution is -2.28. The summed E-state index contributed by atoms with van der Waals surface area (Å²) in [7, 11) is 0. The van der Waals surface area contributed by atoms with Crippen LogP contribution in [-0.4, -0.2) is 15.5 Å². The molecule has 0 unspecified atom stereocenters. The van der Waals surface area contributed by atoms with Crippen LogP contribution < -0.4 is 5.32 Å². The minimum atomic E-state index is -2.23. The Balaban J connectivity index is 3.14. The maximum Gasteiger partial charge on any atom is 0.276 e. The molecule has 3 nitrogen and oxygen atoms in total. The molecule has 1 aromatic carbocycles. The molecule has 0 bridgehead atoms. The Morgan fingerprint density at radius 2 is 1.88 bits per heavy atom. The zero-order chi connectivity index (χ0) is 13.2. The molecule has 0 fully saturated rings. The fourth-order valence-electron chi connectivity index (χ4n) is 1.13. The lowest BCUT2D eigenvalue weighted by molar-refractivity contribution is -0.115. The molecule has 0 aliphatic carbocycles. The molecule has 92 valence electrons. The van der Waals surface area contributed by atoms with Crippen LogP contribution in [-0.2, 0) is 4.79 Å². The summed E-state index contributed by atoms with van der Waals surface area (Å²) >= 11 is 16.0. The largest absolute Gasteiger partial charge is 0.319 e. The highest BCUT2D eigenvalue weighted by atomic mass is 35.6. The molecule has 0 atom stereocenters. The molecule has 0 spiro atoms. The standard InChI is InChI=1S/C10H7Cl3FNO2/c1-5(16)6-3-2-4-7(14)8(6)15-9(17)10(11,12)13/h2-4H,1H3,(H,15,17). The molecule has 1 amide bonds. The predicted octanol–water partition coefficient (Wildman–Crippen LogP) is 3.34. The van der Waals surface area contributed by atoms with Gasteiger partial charge in [0.1, 0.15) is 5.82 Å². The fraction of sp³-hybridized carbons (Fsp3) is 0.200. The van der Waals surface area contributed by atoms with Crippen molar-refractivity contribution in [1.82, 2.24) is 0 Å². The lowest BCUT2D eigenvalue weighted by Gasteiger charge is -2.14. The minimum Gasteiger partial charge on any atom is -0.319 e. The van der Waals surface area contributed by atoms with Crippen LogP contribution >= 0.6 is 34.8 Å². The molecule has 0 saturated carbocycles. The van der Waals surface area contributed by atoms with Crippen molar-refractivity contribution < 1.29 is 14.0 Å². The van der Waals surface area contributed by atoms with E-state index in [2.05, 4.69) is 5.32 Å². The quantitative estimate of drug-likeness (QED) is 0.672. The highest BCUT2D eigenvalue weighted by molar-refractivity contribution is 6.76. The lowest BCUT2D eigenvalue weighted by atomic mass is 10.1. The molecular formula is C10H7Cl3FNO2. The van der Waals surface area contributed by atoms with Crippen LogP contribution in [0.2, 0.25) is 0 Å². The average Bonchev–Trinajstić information content (AvgIpc) is 2.18. The Hall–Kier alpha value is -0.840. The molecule has 0 heterocycles. The second-order valence-corrected chi connectivity index (χ2v) is 5.45. The number of alkyl halides is 3. The molecule has 0 aliphatic heterocycles. The Kier molecular flexibility index (Phi) is 4.36. The summed E-state index contributed by atoms with van der Waals surface area (Å²) in [6.45, 7) is 1.24. The van der Waals surface area contributed by atoms with Gasteiger partial charge in [0.2, 0.25) is 0 Å². The first-order valence-corrected chi connectivity index (χ1v) is 5.54. The van der Waals surface area contributed by atoms with Crippen molar-refractivity contribution in [3.05, 3.63) is 29.6 Å². The summed E-state index contributed by atoms with van der Waals surface area (Å²) in [5, 5.41) is 2.07. The number of Topliss-reactive ketones (excluding diaryl/α,β-unsaturated/α-hetero) is 1. The smallest absolute Gasteiger partial charge is 0.276 e. The average molecular weight is 299 g/mol. The van der Waals surface area contributed by atoms with Crippen LogP contribution in [0.5, 0.6) is 0 Å². The van der Waals surface area contributed by atoms with Gasteiger partial charge in [0.15, 0.2) is 5.78 Å². The minimum absolute atomic E-state index is 0.00704. The highest BCUT2D eigenvalue weighted by Gasteiger charge is 2.32. The second kappa shape index (κ2) is 5.21. The van der Waals surface area contributed by atoms with Gasteiger partial charge in [-0.1, -0.05) is 40.9 Å². The van der Waals surface area contributed by atoms with Gasteiger partial charge in [-0.25, -0.2) is 4.39 Å². The Morgan fingerprint density at radius 3 is 2.35 bits per heavy atom. The topological polar surface area (TPSA) is 46.2 Å². The SMILES string of the molecule is CC(=O)c1cccc(F)c1NC(=O)C(Cl)(Cl)Cl. The number of amides is 1. The summed E-state index contributed by atoms with van der Waals surface area (Å²) in [5.41, 5.74) is -0.288. The van der Waals surface area contributed by atoms with E-state index in [0.717, 1.165) is 6.07 Å². The molecule has 1 rings (SSSR count). The van der Waals surface area contributed by atoms with E-state index in [0.29, 0.717) is 0 Å². The summed E-state index contributed by atoms with van der Waals surface area (Å²) in [6.07, 6.45) is 0. The molecule has 0 aromatic heterocycles. The van der Waals surface area contributed by atoms with Crippen molar-refractivity contribution in [2.75, 3.05) is 5.32 Å². The summed E-state index contributed by atoms with van der Waals surface area (Å²) in [5.74, 6) is -2.22. The summed E-state index contributed by atoms with van der Waals surface area (Å²) in [6, 6.07) is 3.79. The first-order chi connectivity index (χ1) is 7.73. The zero-order valence-corrected chi connectivity index (χ0v) is 10.8. The predicted molar refractivity (Wildman–Crippen MR) is 65.3 cm³/mol. The number of para-hydroxylation sites is 1. The maximum atomic E-state index is 13.5. The van der Waals surface area contributed by atoms with Gasteiger partial charge in [0.05, 0.1) is 5.69 Å². The number of halogens is 4. The van der Waals surface area contributed by atoms with Crippen LogP contribution in [0.1, 0.15) is 17.3 Å². The van der Waals surface area contributed by atoms with Crippen LogP contribution in [0.25, 0.3) is 0 Å². The van der Waals surface area contributed by atoms with Crippen molar-refractivity contribution >= 4 is 52.2 Å². The van der Waals surface area contributed by atoms with Crippen LogP contribution in [0.15, 0.2) is 18.2 Å². The summed E-state index contributed by atoms with van der Waals surface area (Å²) in [4.78, 5) is 22.6. The van der Waals surface area contributed by atoms with Gasteiger partial charge in [0.25, 0.3) is 9.70 Å². The zero-order valence-electron chi connectivity index (χ0n) is 8.56. The van der Waals surface area contributed by atoms with Crippen molar-refractivity contribution in [1.29, 1.82) is 0 Å². The van der Waals surface area contributed by atoms with E-state index in [4.69, 9.17) is 34.8 Å². The number of carbonyl (C=O) groups is 2. The van der Waals surface area contributed by atoms with Gasteiger partial charge >= 0.3 is 0 Å². The van der Waals surface area contributed by atoms with E-state index >= 15 is 0 Å². The molecule has 0 radical (unpaired) electrons. The van der Waals surface area contributed by atoms with E-state index in [-0.39, 0.29) is 11.3 Å². The first kappa shape index (κ1) is 14.2. The first-order valence-electron chi connectivity index (χ1n) is 4.41. The third kappa shape index (κ3) is 3.56. The van der Waals surface area contributed by atoms with Gasteiger partial charge in [0, 0.05) is 5.56 Å². The van der Waals surface area contributed by atoms with Crippen LogP contribution in [0, 0.1) is 5.82 Å². The summed E-state index contributed by atoms with van der Waals surface area (Å²) < 4.78 is 11.2. The van der Waals surface area contributed by atoms with Crippen LogP contribution in [0.3, 0.4) is 0 Å². The number of hydrogen-bond acceptors (Lipinski definition) is 2. The van der Waals surface area contributed by atoms with Gasteiger partial charge in [-0.15, -0.1) is 0 Å². The van der Waals surface area contributed by atoms with E-state index < -0.39 is 21.3 Å². The number of rotatable bonds is 2. The van der Waals surface area contributed by atoms with Gasteiger partial charge in [-0.05, 0) is 19.1 Å². The normalized spacial score (nSPS) is 11.1. The van der Waals surface area contributed by atoms with E-state index in [1.165, 1.54) is 19.1 Å². The molecule has 0 saturated heterocycles. The Bertz CT molecular complexity index is 471. The number of nitrogens with one attached hydrogen (secondary N) is 1. The molecule has 1 N–H and O–H groups in total. The Morgan fingerprint density at radius 1 is 1.29 bits per heavy atom. The number of anilines is 1. The van der Waals surface area contributed by atoms with Crippen molar-refractivity contribution in [3.8, 4) is 0 Å².